The number of rotatable bonds is 9. The molecule has 7 nitrogen and oxygen atoms in total. The minimum absolute atomic E-state index is 0.134. The molecule has 0 aromatic heterocycles. The van der Waals surface area contributed by atoms with Gasteiger partial charge in [-0.3, -0.25) is 9.59 Å². The Morgan fingerprint density at radius 1 is 0.929 bits per heavy atom. The van der Waals surface area contributed by atoms with E-state index in [9.17, 15) is 9.59 Å². The summed E-state index contributed by atoms with van der Waals surface area (Å²) in [7, 11) is 3.02. The Hall–Kier alpha value is -3.22. The summed E-state index contributed by atoms with van der Waals surface area (Å²) in [4.78, 5) is 26.6. The molecule has 0 fully saturated rings. The number of hydrogen-bond acceptors (Lipinski definition) is 5. The van der Waals surface area contributed by atoms with Gasteiger partial charge in [0.1, 0.15) is 0 Å². The topological polar surface area (TPSA) is 79.9 Å². The van der Waals surface area contributed by atoms with E-state index in [-0.39, 0.29) is 18.4 Å². The van der Waals surface area contributed by atoms with Crippen molar-refractivity contribution in [2.24, 2.45) is 0 Å². The van der Waals surface area contributed by atoms with Gasteiger partial charge < -0.3 is 25.0 Å². The van der Waals surface area contributed by atoms with Gasteiger partial charge in [-0.2, -0.15) is 0 Å². The van der Waals surface area contributed by atoms with Crippen LogP contribution in [0.5, 0.6) is 11.5 Å². The van der Waals surface area contributed by atoms with Crippen LogP contribution >= 0.6 is 0 Å². The molecule has 0 aliphatic rings. The van der Waals surface area contributed by atoms with Crippen molar-refractivity contribution in [3.05, 3.63) is 48.0 Å². The normalized spacial score (nSPS) is 10.1. The van der Waals surface area contributed by atoms with E-state index >= 15 is 0 Å². The van der Waals surface area contributed by atoms with Crippen molar-refractivity contribution < 1.29 is 19.1 Å². The Labute approximate surface area is 165 Å². The standard InChI is InChI=1S/C21H27N3O4/c1-5-24(6-2)17-10-8-16(9-11-17)23-20(25)14-22-21(26)15-7-12-18(27-3)19(13-15)28-4/h7-13H,5-6,14H2,1-4H3,(H,22,26)(H,23,25). The SMILES string of the molecule is CCN(CC)c1ccc(NC(=O)CNC(=O)c2ccc(OC)c(OC)c2)cc1. The van der Waals surface area contributed by atoms with Crippen molar-refractivity contribution >= 4 is 23.2 Å². The molecule has 7 heteroatoms. The lowest BCUT2D eigenvalue weighted by atomic mass is 10.2. The lowest BCUT2D eigenvalue weighted by Gasteiger charge is -2.21. The fraction of sp³-hybridized carbons (Fsp3) is 0.333. The van der Waals surface area contributed by atoms with Gasteiger partial charge >= 0.3 is 0 Å². The van der Waals surface area contributed by atoms with E-state index in [1.807, 2.05) is 24.3 Å². The smallest absolute Gasteiger partial charge is 0.251 e. The van der Waals surface area contributed by atoms with Crippen LogP contribution in [0, 0.1) is 0 Å². The highest BCUT2D eigenvalue weighted by molar-refractivity contribution is 5.99. The van der Waals surface area contributed by atoms with Crippen LogP contribution in [0.1, 0.15) is 24.2 Å². The highest BCUT2D eigenvalue weighted by atomic mass is 16.5. The summed E-state index contributed by atoms with van der Waals surface area (Å²) < 4.78 is 10.3. The molecular formula is C21H27N3O4. The summed E-state index contributed by atoms with van der Waals surface area (Å²) in [6, 6.07) is 12.4. The molecule has 0 saturated carbocycles. The van der Waals surface area contributed by atoms with Gasteiger partial charge in [0.15, 0.2) is 11.5 Å². The number of amides is 2. The maximum atomic E-state index is 12.3. The third-order valence-electron chi connectivity index (χ3n) is 4.33. The average molecular weight is 385 g/mol. The molecule has 0 heterocycles. The molecule has 0 unspecified atom stereocenters. The van der Waals surface area contributed by atoms with E-state index in [2.05, 4.69) is 29.4 Å². The van der Waals surface area contributed by atoms with Crippen molar-refractivity contribution in [2.75, 3.05) is 44.1 Å². The number of methoxy groups -OCH3 is 2. The Kier molecular flexibility index (Phi) is 7.68. The number of anilines is 2. The molecular weight excluding hydrogens is 358 g/mol. The highest BCUT2D eigenvalue weighted by Gasteiger charge is 2.12. The first-order valence-electron chi connectivity index (χ1n) is 9.17. The van der Waals surface area contributed by atoms with Crippen molar-refractivity contribution in [1.82, 2.24) is 5.32 Å². The summed E-state index contributed by atoms with van der Waals surface area (Å²) in [6.45, 7) is 5.90. The predicted molar refractivity (Wildman–Crippen MR) is 111 cm³/mol. The molecule has 2 N–H and O–H groups in total. The van der Waals surface area contributed by atoms with Gasteiger partial charge in [0.2, 0.25) is 5.91 Å². The Morgan fingerprint density at radius 3 is 2.14 bits per heavy atom. The maximum Gasteiger partial charge on any atom is 0.251 e. The van der Waals surface area contributed by atoms with E-state index in [4.69, 9.17) is 9.47 Å². The highest BCUT2D eigenvalue weighted by Crippen LogP contribution is 2.27. The Balaban J connectivity index is 1.90. The lowest BCUT2D eigenvalue weighted by molar-refractivity contribution is -0.115. The van der Waals surface area contributed by atoms with E-state index in [1.165, 1.54) is 14.2 Å². The summed E-state index contributed by atoms with van der Waals surface area (Å²) in [5.74, 6) is 0.315. The van der Waals surface area contributed by atoms with Crippen molar-refractivity contribution in [2.45, 2.75) is 13.8 Å². The molecule has 0 aliphatic heterocycles. The third-order valence-corrected chi connectivity index (χ3v) is 4.33. The number of benzene rings is 2. The first-order valence-corrected chi connectivity index (χ1v) is 9.17. The Bertz CT molecular complexity index is 802. The number of carbonyl (C=O) groups is 2. The fourth-order valence-electron chi connectivity index (χ4n) is 2.79. The van der Waals surface area contributed by atoms with Gasteiger partial charge in [-0.15, -0.1) is 0 Å². The third kappa shape index (κ3) is 5.39. The summed E-state index contributed by atoms with van der Waals surface area (Å²) in [6.07, 6.45) is 0. The molecule has 2 aromatic carbocycles. The van der Waals surface area contributed by atoms with Crippen LogP contribution in [0.3, 0.4) is 0 Å². The molecule has 2 amide bonds. The second kappa shape index (κ2) is 10.2. The summed E-state index contributed by atoms with van der Waals surface area (Å²) >= 11 is 0. The molecule has 0 radical (unpaired) electrons. The van der Waals surface area contributed by atoms with Crippen LogP contribution in [0.25, 0.3) is 0 Å². The first-order chi connectivity index (χ1) is 13.5. The van der Waals surface area contributed by atoms with Gasteiger partial charge in [0.25, 0.3) is 5.91 Å². The number of nitrogens with one attached hydrogen (secondary N) is 2. The predicted octanol–water partition coefficient (Wildman–Crippen LogP) is 2.92. The first kappa shape index (κ1) is 21.1. The minimum Gasteiger partial charge on any atom is -0.493 e. The van der Waals surface area contributed by atoms with Gasteiger partial charge in [0.05, 0.1) is 20.8 Å². The van der Waals surface area contributed by atoms with Crippen LogP contribution in [0.2, 0.25) is 0 Å². The minimum atomic E-state index is -0.368. The molecule has 0 atom stereocenters. The molecule has 0 aliphatic carbocycles. The second-order valence-electron chi connectivity index (χ2n) is 6.02. The van der Waals surface area contributed by atoms with Crippen LogP contribution in [-0.4, -0.2) is 45.7 Å². The van der Waals surface area contributed by atoms with E-state index < -0.39 is 0 Å². The maximum absolute atomic E-state index is 12.3. The van der Waals surface area contributed by atoms with Crippen LogP contribution < -0.4 is 25.0 Å². The molecule has 2 rings (SSSR count). The van der Waals surface area contributed by atoms with Gasteiger partial charge in [0, 0.05) is 30.0 Å². The van der Waals surface area contributed by atoms with Crippen molar-refractivity contribution in [3.8, 4) is 11.5 Å². The molecule has 28 heavy (non-hydrogen) atoms. The number of nitrogens with zero attached hydrogens (tertiary/aromatic N) is 1. The Morgan fingerprint density at radius 2 is 1.57 bits per heavy atom. The average Bonchev–Trinajstić information content (AvgIpc) is 2.73. The van der Waals surface area contributed by atoms with E-state index in [0.29, 0.717) is 22.7 Å². The number of carbonyl (C=O) groups excluding carboxylic acids is 2. The summed E-state index contributed by atoms with van der Waals surface area (Å²) in [5.41, 5.74) is 2.17. The lowest BCUT2D eigenvalue weighted by Crippen LogP contribution is -2.32. The molecule has 0 saturated heterocycles. The van der Waals surface area contributed by atoms with Gasteiger partial charge in [-0.05, 0) is 56.3 Å². The van der Waals surface area contributed by atoms with Crippen LogP contribution in [0.15, 0.2) is 42.5 Å². The van der Waals surface area contributed by atoms with Crippen LogP contribution in [-0.2, 0) is 4.79 Å². The number of hydrogen-bond donors (Lipinski definition) is 2. The second-order valence-corrected chi connectivity index (χ2v) is 6.02. The van der Waals surface area contributed by atoms with Gasteiger partial charge in [-0.1, -0.05) is 0 Å². The fourth-order valence-corrected chi connectivity index (χ4v) is 2.79. The van der Waals surface area contributed by atoms with Gasteiger partial charge in [-0.25, -0.2) is 0 Å². The number of ether oxygens (including phenoxy) is 2. The monoisotopic (exact) mass is 385 g/mol. The van der Waals surface area contributed by atoms with Crippen molar-refractivity contribution in [1.29, 1.82) is 0 Å². The van der Waals surface area contributed by atoms with Crippen LogP contribution in [0.4, 0.5) is 11.4 Å². The zero-order valence-electron chi connectivity index (χ0n) is 16.7. The quantitative estimate of drug-likeness (QED) is 0.694. The molecule has 150 valence electrons. The van der Waals surface area contributed by atoms with E-state index in [0.717, 1.165) is 18.8 Å². The molecule has 2 aromatic rings. The summed E-state index contributed by atoms with van der Waals surface area (Å²) in [5, 5.41) is 5.37. The largest absolute Gasteiger partial charge is 0.493 e. The molecule has 0 spiro atoms. The molecule has 0 bridgehead atoms. The zero-order valence-corrected chi connectivity index (χ0v) is 16.7. The van der Waals surface area contributed by atoms with Crippen molar-refractivity contribution in [3.63, 3.8) is 0 Å². The zero-order chi connectivity index (χ0) is 20.5. The van der Waals surface area contributed by atoms with E-state index in [1.54, 1.807) is 18.2 Å².